The van der Waals surface area contributed by atoms with Crippen LogP contribution in [0.1, 0.15) is 38.1 Å². The molecular formula is C22H36N4O6S. The molecule has 1 heterocycles. The van der Waals surface area contributed by atoms with Crippen molar-refractivity contribution in [2.24, 2.45) is 5.92 Å². The molecule has 10 nitrogen and oxygen atoms in total. The average Bonchev–Trinajstić information content (AvgIpc) is 2.70. The number of sulfonamides is 1. The van der Waals surface area contributed by atoms with Gasteiger partial charge in [0.15, 0.2) is 0 Å². The van der Waals surface area contributed by atoms with Gasteiger partial charge in [-0.25, -0.2) is 13.2 Å². The summed E-state index contributed by atoms with van der Waals surface area (Å²) in [6.45, 7) is 8.47. The van der Waals surface area contributed by atoms with Gasteiger partial charge in [0.1, 0.15) is 12.4 Å². The molecule has 1 aliphatic heterocycles. The third-order valence-electron chi connectivity index (χ3n) is 5.42. The number of hydrogen-bond acceptors (Lipinski definition) is 6. The van der Waals surface area contributed by atoms with Gasteiger partial charge in [-0.05, 0) is 32.9 Å². The van der Waals surface area contributed by atoms with Crippen LogP contribution in [0.4, 0.5) is 10.5 Å². The van der Waals surface area contributed by atoms with Gasteiger partial charge in [-0.1, -0.05) is 6.92 Å². The highest BCUT2D eigenvalue weighted by Gasteiger charge is 2.30. The van der Waals surface area contributed by atoms with Crippen molar-refractivity contribution in [1.29, 1.82) is 0 Å². The number of hydrogen-bond donors (Lipinski definition) is 2. The number of carbonyl (C=O) groups excluding carboxylic acids is 2. The lowest BCUT2D eigenvalue weighted by molar-refractivity contribution is 0.0165. The highest BCUT2D eigenvalue weighted by Crippen LogP contribution is 2.27. The maximum Gasteiger partial charge on any atom is 0.317 e. The number of likely N-dealkylation sites (N-methyl/N-ethyl adjacent to an activating group) is 1. The van der Waals surface area contributed by atoms with Crippen LogP contribution in [-0.4, -0.2) is 88.5 Å². The van der Waals surface area contributed by atoms with Crippen LogP contribution in [0.25, 0.3) is 0 Å². The second kappa shape index (κ2) is 11.1. The van der Waals surface area contributed by atoms with Crippen molar-refractivity contribution in [2.45, 2.75) is 45.9 Å². The predicted molar refractivity (Wildman–Crippen MR) is 127 cm³/mol. The highest BCUT2D eigenvalue weighted by molar-refractivity contribution is 7.92. The SMILES string of the molecule is CO[C@H]1CN(C)C(=O)c2ccc(NS(C)(=O)=O)cc2OC[C@@H](C)N(C(=O)NC(C)C)C[C@H]1C. The lowest BCUT2D eigenvalue weighted by atomic mass is 10.0. The number of nitrogens with one attached hydrogen (secondary N) is 2. The zero-order chi connectivity index (χ0) is 24.9. The summed E-state index contributed by atoms with van der Waals surface area (Å²) in [6.07, 6.45) is 0.751. The van der Waals surface area contributed by atoms with Crippen LogP contribution in [0.3, 0.4) is 0 Å². The van der Waals surface area contributed by atoms with E-state index < -0.39 is 10.0 Å². The van der Waals surface area contributed by atoms with E-state index in [1.165, 1.54) is 18.2 Å². The first kappa shape index (κ1) is 26.7. The molecule has 186 valence electrons. The van der Waals surface area contributed by atoms with Crippen molar-refractivity contribution in [3.8, 4) is 5.75 Å². The molecule has 11 heteroatoms. The maximum absolute atomic E-state index is 13.2. The molecule has 2 rings (SSSR count). The number of methoxy groups -OCH3 is 1. The number of carbonyl (C=O) groups is 2. The molecule has 0 bridgehead atoms. The van der Waals surface area contributed by atoms with E-state index in [2.05, 4.69) is 10.0 Å². The van der Waals surface area contributed by atoms with E-state index in [1.807, 2.05) is 27.7 Å². The van der Waals surface area contributed by atoms with Crippen molar-refractivity contribution in [2.75, 3.05) is 44.8 Å². The predicted octanol–water partition coefficient (Wildman–Crippen LogP) is 1.98. The van der Waals surface area contributed by atoms with E-state index in [-0.39, 0.29) is 54.1 Å². The van der Waals surface area contributed by atoms with Gasteiger partial charge >= 0.3 is 6.03 Å². The molecule has 1 aliphatic rings. The Morgan fingerprint density at radius 2 is 1.91 bits per heavy atom. The monoisotopic (exact) mass is 484 g/mol. The molecule has 0 unspecified atom stereocenters. The van der Waals surface area contributed by atoms with Crippen molar-refractivity contribution in [1.82, 2.24) is 15.1 Å². The van der Waals surface area contributed by atoms with Gasteiger partial charge in [-0.2, -0.15) is 0 Å². The Bertz CT molecular complexity index is 952. The van der Waals surface area contributed by atoms with Gasteiger partial charge in [-0.3, -0.25) is 9.52 Å². The Kier molecular flexibility index (Phi) is 8.96. The van der Waals surface area contributed by atoms with Crippen LogP contribution in [0.5, 0.6) is 5.75 Å². The van der Waals surface area contributed by atoms with E-state index in [0.29, 0.717) is 18.7 Å². The molecule has 33 heavy (non-hydrogen) atoms. The zero-order valence-corrected chi connectivity index (χ0v) is 21.2. The van der Waals surface area contributed by atoms with Crippen molar-refractivity contribution in [3.05, 3.63) is 23.8 Å². The molecule has 3 atom stereocenters. The van der Waals surface area contributed by atoms with E-state index in [9.17, 15) is 18.0 Å². The normalized spacial score (nSPS) is 22.7. The van der Waals surface area contributed by atoms with Crippen LogP contribution < -0.4 is 14.8 Å². The van der Waals surface area contributed by atoms with E-state index >= 15 is 0 Å². The summed E-state index contributed by atoms with van der Waals surface area (Å²) in [4.78, 5) is 29.3. The molecule has 0 aliphatic carbocycles. The van der Waals surface area contributed by atoms with Crippen molar-refractivity contribution < 1.29 is 27.5 Å². The van der Waals surface area contributed by atoms with Gasteiger partial charge in [0.25, 0.3) is 5.91 Å². The molecular weight excluding hydrogens is 448 g/mol. The first-order valence-electron chi connectivity index (χ1n) is 10.9. The third-order valence-corrected chi connectivity index (χ3v) is 6.03. The summed E-state index contributed by atoms with van der Waals surface area (Å²) in [5.41, 5.74) is 0.578. The summed E-state index contributed by atoms with van der Waals surface area (Å²) in [6, 6.07) is 3.97. The Morgan fingerprint density at radius 3 is 2.48 bits per heavy atom. The number of nitrogens with zero attached hydrogens (tertiary/aromatic N) is 2. The quantitative estimate of drug-likeness (QED) is 0.675. The second-order valence-electron chi connectivity index (χ2n) is 8.94. The van der Waals surface area contributed by atoms with Crippen LogP contribution in [-0.2, 0) is 14.8 Å². The zero-order valence-electron chi connectivity index (χ0n) is 20.4. The van der Waals surface area contributed by atoms with Crippen LogP contribution in [0.15, 0.2) is 18.2 Å². The topological polar surface area (TPSA) is 117 Å². The van der Waals surface area contributed by atoms with Gasteiger partial charge in [0, 0.05) is 45.3 Å². The second-order valence-corrected chi connectivity index (χ2v) is 10.7. The fraction of sp³-hybridized carbons (Fsp3) is 0.636. The number of rotatable bonds is 4. The fourth-order valence-corrected chi connectivity index (χ4v) is 4.22. The van der Waals surface area contributed by atoms with Gasteiger partial charge in [-0.15, -0.1) is 0 Å². The van der Waals surface area contributed by atoms with Crippen molar-refractivity contribution >= 4 is 27.6 Å². The molecule has 0 fully saturated rings. The van der Waals surface area contributed by atoms with Gasteiger partial charge < -0.3 is 24.6 Å². The fourth-order valence-electron chi connectivity index (χ4n) is 3.66. The van der Waals surface area contributed by atoms with E-state index in [1.54, 1.807) is 24.0 Å². The summed E-state index contributed by atoms with van der Waals surface area (Å²) in [5.74, 6) is -0.0854. The maximum atomic E-state index is 13.2. The van der Waals surface area contributed by atoms with Crippen molar-refractivity contribution in [3.63, 3.8) is 0 Å². The molecule has 0 aromatic heterocycles. The first-order chi connectivity index (χ1) is 15.3. The lowest BCUT2D eigenvalue weighted by Gasteiger charge is -2.36. The summed E-state index contributed by atoms with van der Waals surface area (Å²) >= 11 is 0. The van der Waals surface area contributed by atoms with E-state index in [0.717, 1.165) is 6.26 Å². The standard InChI is InChI=1S/C22H36N4O6S/c1-14(2)23-22(28)26-11-15(3)20(31-6)12-25(5)21(27)18-9-8-17(24-33(7,29)30)10-19(18)32-13-16(26)4/h8-10,14-16,20,24H,11-13H2,1-7H3,(H,23,28)/t15-,16-,20+/m1/s1. The van der Waals surface area contributed by atoms with Crippen LogP contribution in [0, 0.1) is 5.92 Å². The molecule has 2 N–H and O–H groups in total. The minimum atomic E-state index is -3.51. The summed E-state index contributed by atoms with van der Waals surface area (Å²) < 4.78 is 37.4. The van der Waals surface area contributed by atoms with Gasteiger partial charge in [0.2, 0.25) is 10.0 Å². The Balaban J connectivity index is 2.47. The molecule has 1 aromatic rings. The number of fused-ring (bicyclic) bond motifs is 1. The van der Waals surface area contributed by atoms with Crippen LogP contribution >= 0.6 is 0 Å². The molecule has 0 saturated heterocycles. The Morgan fingerprint density at radius 1 is 1.24 bits per heavy atom. The third kappa shape index (κ3) is 7.50. The number of anilines is 1. The molecule has 0 spiro atoms. The number of urea groups is 1. The average molecular weight is 485 g/mol. The lowest BCUT2D eigenvalue weighted by Crippen LogP contribution is -2.52. The Hall–Kier alpha value is -2.53. The minimum absolute atomic E-state index is 0.0327. The minimum Gasteiger partial charge on any atom is -0.491 e. The number of ether oxygens (including phenoxy) is 2. The smallest absolute Gasteiger partial charge is 0.317 e. The summed E-state index contributed by atoms with van der Waals surface area (Å²) in [5, 5.41) is 2.93. The number of amides is 3. The summed E-state index contributed by atoms with van der Waals surface area (Å²) in [7, 11) is -0.243. The Labute approximate surface area is 196 Å². The molecule has 3 amide bonds. The largest absolute Gasteiger partial charge is 0.491 e. The molecule has 0 radical (unpaired) electrons. The number of benzene rings is 1. The van der Waals surface area contributed by atoms with Gasteiger partial charge in [0.05, 0.1) is 29.7 Å². The highest BCUT2D eigenvalue weighted by atomic mass is 32.2. The first-order valence-corrected chi connectivity index (χ1v) is 12.8. The van der Waals surface area contributed by atoms with Crippen LogP contribution in [0.2, 0.25) is 0 Å². The van der Waals surface area contributed by atoms with E-state index in [4.69, 9.17) is 9.47 Å². The molecule has 0 saturated carbocycles. The molecule has 1 aromatic carbocycles.